The second-order valence-electron chi connectivity index (χ2n) is 4.87. The third-order valence-corrected chi connectivity index (χ3v) is 5.26. The molecular formula is C12H20N2O4S. The summed E-state index contributed by atoms with van der Waals surface area (Å²) in [7, 11) is -1.95. The van der Waals surface area contributed by atoms with Crippen molar-refractivity contribution in [2.24, 2.45) is 5.73 Å². The second kappa shape index (κ2) is 5.24. The maximum atomic E-state index is 12.4. The van der Waals surface area contributed by atoms with E-state index in [1.165, 1.54) is 0 Å². The van der Waals surface area contributed by atoms with Crippen LogP contribution in [0.1, 0.15) is 29.9 Å². The Morgan fingerprint density at radius 2 is 2.00 bits per heavy atom. The van der Waals surface area contributed by atoms with Gasteiger partial charge in [-0.1, -0.05) is 0 Å². The molecular weight excluding hydrogens is 268 g/mol. The Labute approximate surface area is 113 Å². The number of methoxy groups -OCH3 is 1. The van der Waals surface area contributed by atoms with E-state index in [-0.39, 0.29) is 23.6 Å². The molecule has 1 aromatic heterocycles. The van der Waals surface area contributed by atoms with Crippen LogP contribution in [0.3, 0.4) is 0 Å². The molecule has 3 N–H and O–H groups in total. The molecule has 0 spiro atoms. The predicted molar refractivity (Wildman–Crippen MR) is 70.2 cm³/mol. The molecule has 0 atom stereocenters. The van der Waals surface area contributed by atoms with Gasteiger partial charge in [0, 0.05) is 25.3 Å². The van der Waals surface area contributed by atoms with Gasteiger partial charge in [-0.2, -0.15) is 0 Å². The first-order chi connectivity index (χ1) is 8.89. The number of rotatable bonds is 5. The van der Waals surface area contributed by atoms with Gasteiger partial charge in [0.25, 0.3) is 0 Å². The molecule has 6 nitrogen and oxygen atoms in total. The molecule has 0 saturated heterocycles. The fourth-order valence-corrected chi connectivity index (χ4v) is 4.15. The van der Waals surface area contributed by atoms with Crippen LogP contribution in [0.4, 0.5) is 0 Å². The highest BCUT2D eigenvalue weighted by Crippen LogP contribution is 2.29. The molecule has 1 saturated carbocycles. The fourth-order valence-electron chi connectivity index (χ4n) is 2.43. The molecule has 0 aliphatic heterocycles. The summed E-state index contributed by atoms with van der Waals surface area (Å²) < 4.78 is 37.9. The minimum absolute atomic E-state index is 0.0739. The van der Waals surface area contributed by atoms with Gasteiger partial charge in [0.2, 0.25) is 10.0 Å². The number of hydrogen-bond donors (Lipinski definition) is 2. The highest BCUT2D eigenvalue weighted by molar-refractivity contribution is 7.89. The molecule has 7 heteroatoms. The Morgan fingerprint density at radius 3 is 2.53 bits per heavy atom. The van der Waals surface area contributed by atoms with Gasteiger partial charge in [0.1, 0.15) is 16.4 Å². The first kappa shape index (κ1) is 14.5. The summed E-state index contributed by atoms with van der Waals surface area (Å²) in [6.45, 7) is 3.50. The van der Waals surface area contributed by atoms with Crippen molar-refractivity contribution in [3.05, 3.63) is 17.1 Å². The van der Waals surface area contributed by atoms with Gasteiger partial charge in [-0.3, -0.25) is 0 Å². The number of nitrogens with two attached hydrogens (primary N) is 1. The number of ether oxygens (including phenoxy) is 1. The van der Waals surface area contributed by atoms with Crippen molar-refractivity contribution in [1.82, 2.24) is 4.72 Å². The predicted octanol–water partition coefficient (Wildman–Crippen LogP) is 0.811. The van der Waals surface area contributed by atoms with E-state index in [9.17, 15) is 8.42 Å². The number of hydrogen-bond acceptors (Lipinski definition) is 5. The highest BCUT2D eigenvalue weighted by Gasteiger charge is 2.35. The van der Waals surface area contributed by atoms with E-state index >= 15 is 0 Å². The molecule has 2 rings (SSSR count). The zero-order valence-corrected chi connectivity index (χ0v) is 12.2. The van der Waals surface area contributed by atoms with Gasteiger partial charge in [-0.15, -0.1) is 0 Å². The lowest BCUT2D eigenvalue weighted by molar-refractivity contribution is 0.0236. The maximum absolute atomic E-state index is 12.4. The average Bonchev–Trinajstić information content (AvgIpc) is 2.58. The Bertz CT molecular complexity index is 559. The van der Waals surface area contributed by atoms with E-state index in [2.05, 4.69) is 4.72 Å². The molecule has 1 aliphatic carbocycles. The lowest BCUT2D eigenvalue weighted by atomic mass is 9.90. The molecule has 1 fully saturated rings. The Hall–Kier alpha value is -0.890. The zero-order chi connectivity index (χ0) is 14.2. The zero-order valence-electron chi connectivity index (χ0n) is 11.4. The third-order valence-electron chi connectivity index (χ3n) is 3.55. The monoisotopic (exact) mass is 288 g/mol. The number of nitrogens with one attached hydrogen (secondary N) is 1. The van der Waals surface area contributed by atoms with E-state index in [1.54, 1.807) is 21.0 Å². The van der Waals surface area contributed by atoms with Crippen LogP contribution in [-0.4, -0.2) is 27.7 Å². The van der Waals surface area contributed by atoms with Crippen molar-refractivity contribution < 1.29 is 17.6 Å². The summed E-state index contributed by atoms with van der Waals surface area (Å²) in [5.74, 6) is 0.941. The summed E-state index contributed by atoms with van der Waals surface area (Å²) in [6, 6.07) is -0.0739. The van der Waals surface area contributed by atoms with Gasteiger partial charge in [-0.05, 0) is 26.7 Å². The van der Waals surface area contributed by atoms with E-state index in [4.69, 9.17) is 14.9 Å². The van der Waals surface area contributed by atoms with Crippen LogP contribution in [-0.2, 0) is 21.3 Å². The molecule has 0 radical (unpaired) electrons. The molecule has 0 unspecified atom stereocenters. The maximum Gasteiger partial charge on any atom is 0.244 e. The van der Waals surface area contributed by atoms with Crippen LogP contribution in [0, 0.1) is 13.8 Å². The number of sulfonamides is 1. The fraction of sp³-hybridized carbons (Fsp3) is 0.667. The molecule has 0 amide bonds. The lowest BCUT2D eigenvalue weighted by Gasteiger charge is -2.34. The first-order valence-electron chi connectivity index (χ1n) is 6.23. The van der Waals surface area contributed by atoms with Crippen molar-refractivity contribution in [2.45, 2.75) is 50.3 Å². The summed E-state index contributed by atoms with van der Waals surface area (Å²) >= 11 is 0. The van der Waals surface area contributed by atoms with Crippen LogP contribution in [0.25, 0.3) is 0 Å². The minimum Gasteiger partial charge on any atom is -0.465 e. The van der Waals surface area contributed by atoms with Gasteiger partial charge >= 0.3 is 0 Å². The third kappa shape index (κ3) is 2.69. The van der Waals surface area contributed by atoms with Crippen molar-refractivity contribution in [3.63, 3.8) is 0 Å². The molecule has 1 heterocycles. The molecule has 1 aromatic rings. The number of aryl methyl sites for hydroxylation is 2. The largest absolute Gasteiger partial charge is 0.465 e. The Balaban J connectivity index is 2.21. The van der Waals surface area contributed by atoms with Crippen molar-refractivity contribution in [1.29, 1.82) is 0 Å². The molecule has 19 heavy (non-hydrogen) atoms. The quantitative estimate of drug-likeness (QED) is 0.836. The molecule has 0 aromatic carbocycles. The van der Waals surface area contributed by atoms with Crippen LogP contribution in [0.5, 0.6) is 0 Å². The van der Waals surface area contributed by atoms with E-state index < -0.39 is 10.0 Å². The summed E-state index contributed by atoms with van der Waals surface area (Å²) in [4.78, 5) is 0.188. The van der Waals surface area contributed by atoms with Gasteiger partial charge in [0.15, 0.2) is 0 Å². The second-order valence-corrected chi connectivity index (χ2v) is 6.52. The highest BCUT2D eigenvalue weighted by atomic mass is 32.2. The van der Waals surface area contributed by atoms with Gasteiger partial charge in [0.05, 0.1) is 6.10 Å². The van der Waals surface area contributed by atoms with E-state index in [0.29, 0.717) is 29.9 Å². The van der Waals surface area contributed by atoms with Gasteiger partial charge in [-0.25, -0.2) is 13.1 Å². The topological polar surface area (TPSA) is 94.6 Å². The molecule has 108 valence electrons. The smallest absolute Gasteiger partial charge is 0.244 e. The van der Waals surface area contributed by atoms with Crippen molar-refractivity contribution >= 4 is 10.0 Å². The molecule has 1 aliphatic rings. The van der Waals surface area contributed by atoms with Crippen molar-refractivity contribution in [2.75, 3.05) is 7.11 Å². The van der Waals surface area contributed by atoms with Crippen LogP contribution < -0.4 is 10.5 Å². The minimum atomic E-state index is -3.58. The van der Waals surface area contributed by atoms with Crippen LogP contribution >= 0.6 is 0 Å². The first-order valence-corrected chi connectivity index (χ1v) is 7.71. The normalized spacial score (nSPS) is 23.4. The average molecular weight is 288 g/mol. The number of furan rings is 1. The molecule has 0 bridgehead atoms. The van der Waals surface area contributed by atoms with Crippen LogP contribution in [0.15, 0.2) is 9.31 Å². The van der Waals surface area contributed by atoms with E-state index in [0.717, 1.165) is 0 Å². The lowest BCUT2D eigenvalue weighted by Crippen LogP contribution is -2.47. The summed E-state index contributed by atoms with van der Waals surface area (Å²) in [5.41, 5.74) is 6.16. The SMILES string of the molecule is COC1CC(NS(=O)(=O)c2c(C)oc(C)c2CN)C1. The standard InChI is InChI=1S/C12H20N2O4S/c1-7-11(6-13)12(8(2)18-7)19(15,16)14-9-4-10(5-9)17-3/h9-10,14H,4-6,13H2,1-3H3. The van der Waals surface area contributed by atoms with Crippen molar-refractivity contribution in [3.8, 4) is 0 Å². The summed E-state index contributed by atoms with van der Waals surface area (Å²) in [5, 5.41) is 0. The summed E-state index contributed by atoms with van der Waals surface area (Å²) in [6.07, 6.45) is 1.54. The van der Waals surface area contributed by atoms with Crippen LogP contribution in [0.2, 0.25) is 0 Å². The Kier molecular flexibility index (Phi) is 4.00. The Morgan fingerprint density at radius 1 is 1.37 bits per heavy atom. The van der Waals surface area contributed by atoms with Gasteiger partial charge < -0.3 is 14.9 Å². The van der Waals surface area contributed by atoms with E-state index in [1.807, 2.05) is 0 Å².